The highest BCUT2D eigenvalue weighted by Crippen LogP contribution is 2.20. The lowest BCUT2D eigenvalue weighted by Gasteiger charge is -2.11. The Morgan fingerprint density at radius 3 is 2.44 bits per heavy atom. The van der Waals surface area contributed by atoms with Crippen molar-refractivity contribution in [1.82, 2.24) is 14.1 Å². The molecule has 0 bridgehead atoms. The van der Waals surface area contributed by atoms with Gasteiger partial charge in [-0.2, -0.15) is 0 Å². The third kappa shape index (κ3) is 1.64. The summed E-state index contributed by atoms with van der Waals surface area (Å²) in [5, 5.41) is -0.352. The number of halogens is 2. The minimum atomic E-state index is -0.773. The summed E-state index contributed by atoms with van der Waals surface area (Å²) in [5.74, 6) is -0.773. The van der Waals surface area contributed by atoms with Gasteiger partial charge in [0.2, 0.25) is 0 Å². The van der Waals surface area contributed by atoms with Crippen molar-refractivity contribution in [2.45, 2.75) is 26.9 Å². The predicted octanol–water partition coefficient (Wildman–Crippen LogP) is 1.39. The summed E-state index contributed by atoms with van der Waals surface area (Å²) in [5.41, 5.74) is -0.963. The van der Waals surface area contributed by atoms with Gasteiger partial charge in [-0.05, 0) is 13.8 Å². The van der Waals surface area contributed by atoms with Crippen molar-refractivity contribution in [3.8, 4) is 0 Å². The van der Waals surface area contributed by atoms with Gasteiger partial charge in [-0.1, -0.05) is 11.6 Å². The third-order valence-electron chi connectivity index (χ3n) is 2.76. The Morgan fingerprint density at radius 2 is 1.89 bits per heavy atom. The normalized spacial score (nSPS) is 11.1. The summed E-state index contributed by atoms with van der Waals surface area (Å²) >= 11 is 5.80. The van der Waals surface area contributed by atoms with Crippen LogP contribution in [0.5, 0.6) is 0 Å². The molecule has 0 aliphatic rings. The molecule has 0 aliphatic carbocycles. The lowest BCUT2D eigenvalue weighted by Crippen LogP contribution is -2.40. The SMILES string of the molecule is CCn1c(=O)c2c(Cl)c(F)cnc2n(CC)c1=O. The second kappa shape index (κ2) is 4.53. The molecule has 7 heteroatoms. The Kier molecular flexibility index (Phi) is 3.21. The van der Waals surface area contributed by atoms with E-state index in [0.717, 1.165) is 10.8 Å². The van der Waals surface area contributed by atoms with Gasteiger partial charge in [0.1, 0.15) is 5.39 Å². The van der Waals surface area contributed by atoms with E-state index in [1.165, 1.54) is 4.57 Å². The molecule has 0 atom stereocenters. The highest BCUT2D eigenvalue weighted by Gasteiger charge is 2.17. The minimum absolute atomic E-state index is 0.0556. The Morgan fingerprint density at radius 1 is 1.28 bits per heavy atom. The van der Waals surface area contributed by atoms with Crippen LogP contribution in [0.4, 0.5) is 4.39 Å². The number of nitrogens with zero attached hydrogens (tertiary/aromatic N) is 3. The minimum Gasteiger partial charge on any atom is -0.278 e. The molecule has 2 heterocycles. The number of aryl methyl sites for hydroxylation is 1. The maximum absolute atomic E-state index is 13.4. The van der Waals surface area contributed by atoms with Crippen LogP contribution < -0.4 is 11.2 Å². The van der Waals surface area contributed by atoms with E-state index in [1.54, 1.807) is 13.8 Å². The van der Waals surface area contributed by atoms with Crippen LogP contribution >= 0.6 is 11.6 Å². The van der Waals surface area contributed by atoms with E-state index in [1.807, 2.05) is 0 Å². The van der Waals surface area contributed by atoms with Crippen LogP contribution in [0.3, 0.4) is 0 Å². The summed E-state index contributed by atoms with van der Waals surface area (Å²) in [6.07, 6.45) is 0.909. The van der Waals surface area contributed by atoms with E-state index in [9.17, 15) is 14.0 Å². The van der Waals surface area contributed by atoms with Crippen LogP contribution in [-0.4, -0.2) is 14.1 Å². The van der Waals surface area contributed by atoms with E-state index in [4.69, 9.17) is 11.6 Å². The van der Waals surface area contributed by atoms with Crippen molar-refractivity contribution in [3.05, 3.63) is 37.9 Å². The van der Waals surface area contributed by atoms with Gasteiger partial charge in [0, 0.05) is 13.1 Å². The quantitative estimate of drug-likeness (QED) is 0.829. The molecule has 2 rings (SSSR count). The molecule has 0 amide bonds. The fraction of sp³-hybridized carbons (Fsp3) is 0.364. The smallest absolute Gasteiger partial charge is 0.278 e. The molecule has 0 unspecified atom stereocenters. The molecule has 0 spiro atoms. The molecule has 0 saturated heterocycles. The highest BCUT2D eigenvalue weighted by atomic mass is 35.5. The van der Waals surface area contributed by atoms with Crippen molar-refractivity contribution in [1.29, 1.82) is 0 Å². The fourth-order valence-corrected chi connectivity index (χ4v) is 2.09. The topological polar surface area (TPSA) is 56.9 Å². The van der Waals surface area contributed by atoms with Crippen molar-refractivity contribution in [2.75, 3.05) is 0 Å². The molecular weight excluding hydrogens is 261 g/mol. The van der Waals surface area contributed by atoms with Gasteiger partial charge in [-0.25, -0.2) is 14.2 Å². The van der Waals surface area contributed by atoms with Crippen LogP contribution in [0.1, 0.15) is 13.8 Å². The standard InChI is InChI=1S/C11H11ClFN3O2/c1-3-15-9-7(8(12)6(13)5-14-9)10(17)16(4-2)11(15)18/h5H,3-4H2,1-2H3. The molecule has 0 aliphatic heterocycles. The van der Waals surface area contributed by atoms with Gasteiger partial charge in [0.05, 0.1) is 11.2 Å². The average molecular weight is 272 g/mol. The van der Waals surface area contributed by atoms with E-state index < -0.39 is 17.1 Å². The molecule has 2 aromatic heterocycles. The van der Waals surface area contributed by atoms with E-state index in [-0.39, 0.29) is 22.6 Å². The first-order chi connectivity index (χ1) is 8.52. The molecule has 0 fully saturated rings. The summed E-state index contributed by atoms with van der Waals surface area (Å²) < 4.78 is 15.7. The van der Waals surface area contributed by atoms with Crippen molar-refractivity contribution >= 4 is 22.6 Å². The molecule has 0 aromatic carbocycles. The van der Waals surface area contributed by atoms with E-state index >= 15 is 0 Å². The maximum Gasteiger partial charge on any atom is 0.332 e. The van der Waals surface area contributed by atoms with E-state index in [2.05, 4.69) is 4.98 Å². The zero-order chi connectivity index (χ0) is 13.4. The Labute approximate surface area is 106 Å². The average Bonchev–Trinajstić information content (AvgIpc) is 2.34. The predicted molar refractivity (Wildman–Crippen MR) is 66.6 cm³/mol. The number of aromatic nitrogens is 3. The van der Waals surface area contributed by atoms with Crippen LogP contribution in [0.15, 0.2) is 15.8 Å². The zero-order valence-corrected chi connectivity index (χ0v) is 10.7. The number of hydrogen-bond acceptors (Lipinski definition) is 3. The van der Waals surface area contributed by atoms with Gasteiger partial charge < -0.3 is 0 Å². The monoisotopic (exact) mass is 271 g/mol. The van der Waals surface area contributed by atoms with Gasteiger partial charge in [0.25, 0.3) is 5.56 Å². The first-order valence-corrected chi connectivity index (χ1v) is 5.88. The first-order valence-electron chi connectivity index (χ1n) is 5.50. The highest BCUT2D eigenvalue weighted by molar-refractivity contribution is 6.35. The van der Waals surface area contributed by atoms with Gasteiger partial charge in [-0.3, -0.25) is 13.9 Å². The molecule has 5 nitrogen and oxygen atoms in total. The number of hydrogen-bond donors (Lipinski definition) is 0. The molecule has 0 N–H and O–H groups in total. The third-order valence-corrected chi connectivity index (χ3v) is 3.13. The van der Waals surface area contributed by atoms with Crippen LogP contribution in [0.25, 0.3) is 11.0 Å². The molecule has 96 valence electrons. The van der Waals surface area contributed by atoms with Crippen LogP contribution in [-0.2, 0) is 13.1 Å². The second-order valence-corrected chi connectivity index (χ2v) is 4.07. The summed E-state index contributed by atoms with van der Waals surface area (Å²) in [4.78, 5) is 27.9. The molecular formula is C11H11ClFN3O2. The Balaban J connectivity index is 3.15. The fourth-order valence-electron chi connectivity index (χ4n) is 1.87. The largest absolute Gasteiger partial charge is 0.332 e. The molecule has 0 radical (unpaired) electrons. The Bertz CT molecular complexity index is 736. The van der Waals surface area contributed by atoms with Crippen LogP contribution in [0, 0.1) is 5.82 Å². The summed E-state index contributed by atoms with van der Waals surface area (Å²) in [7, 11) is 0. The lowest BCUT2D eigenvalue weighted by atomic mass is 10.3. The van der Waals surface area contributed by atoms with Crippen molar-refractivity contribution in [2.24, 2.45) is 0 Å². The summed E-state index contributed by atoms with van der Waals surface area (Å²) in [6, 6.07) is 0. The first kappa shape index (κ1) is 12.8. The zero-order valence-electron chi connectivity index (χ0n) is 9.91. The van der Waals surface area contributed by atoms with Crippen molar-refractivity contribution < 1.29 is 4.39 Å². The number of rotatable bonds is 2. The lowest BCUT2D eigenvalue weighted by molar-refractivity contribution is 0.596. The summed E-state index contributed by atoms with van der Waals surface area (Å²) in [6.45, 7) is 3.92. The molecule has 0 saturated carbocycles. The number of pyridine rings is 1. The maximum atomic E-state index is 13.4. The Hall–Kier alpha value is -1.69. The molecule has 18 heavy (non-hydrogen) atoms. The second-order valence-electron chi connectivity index (χ2n) is 3.69. The van der Waals surface area contributed by atoms with Crippen molar-refractivity contribution in [3.63, 3.8) is 0 Å². The van der Waals surface area contributed by atoms with Gasteiger partial charge >= 0.3 is 5.69 Å². The van der Waals surface area contributed by atoms with Crippen LogP contribution in [0.2, 0.25) is 5.02 Å². The van der Waals surface area contributed by atoms with Gasteiger partial charge in [-0.15, -0.1) is 0 Å². The van der Waals surface area contributed by atoms with E-state index in [0.29, 0.717) is 6.54 Å². The molecule has 2 aromatic rings. The van der Waals surface area contributed by atoms with Gasteiger partial charge in [0.15, 0.2) is 11.5 Å². The number of fused-ring (bicyclic) bond motifs is 1.